The minimum atomic E-state index is -0.296. The summed E-state index contributed by atoms with van der Waals surface area (Å²) >= 11 is 5.97. The monoisotopic (exact) mass is 283 g/mol. The molecule has 19 heavy (non-hydrogen) atoms. The summed E-state index contributed by atoms with van der Waals surface area (Å²) in [5.74, 6) is 0.239. The molecule has 0 saturated carbocycles. The van der Waals surface area contributed by atoms with Crippen LogP contribution in [0.4, 0.5) is 4.39 Å². The second-order valence-electron chi connectivity index (χ2n) is 5.05. The van der Waals surface area contributed by atoms with Gasteiger partial charge in [-0.3, -0.25) is 4.79 Å². The van der Waals surface area contributed by atoms with Gasteiger partial charge in [0, 0.05) is 18.5 Å². The molecular weight excluding hydrogens is 265 g/mol. The van der Waals surface area contributed by atoms with Crippen LogP contribution in [0.15, 0.2) is 24.3 Å². The Balaban J connectivity index is 2.04. The van der Waals surface area contributed by atoms with E-state index >= 15 is 0 Å². The summed E-state index contributed by atoms with van der Waals surface area (Å²) in [4.78, 5) is 14.2. The highest BCUT2D eigenvalue weighted by Gasteiger charge is 2.24. The molecule has 1 aliphatic rings. The van der Waals surface area contributed by atoms with Crippen molar-refractivity contribution in [3.63, 3.8) is 0 Å². The lowest BCUT2D eigenvalue weighted by Gasteiger charge is -2.28. The first-order chi connectivity index (χ1) is 9.20. The van der Waals surface area contributed by atoms with Crippen LogP contribution in [0.1, 0.15) is 31.2 Å². The molecule has 0 aliphatic carbocycles. The number of carbonyl (C=O) groups is 1. The highest BCUT2D eigenvalue weighted by atomic mass is 35.5. The molecule has 0 spiro atoms. The van der Waals surface area contributed by atoms with Crippen LogP contribution in [-0.4, -0.2) is 29.3 Å². The third-order valence-corrected chi connectivity index (χ3v) is 3.98. The molecule has 1 fully saturated rings. The van der Waals surface area contributed by atoms with Gasteiger partial charge in [0.2, 0.25) is 5.91 Å². The maximum absolute atomic E-state index is 13.1. The number of hydrogen-bond donors (Lipinski definition) is 0. The van der Waals surface area contributed by atoms with Crippen LogP contribution in [0.25, 0.3) is 0 Å². The first kappa shape index (κ1) is 14.3. The maximum atomic E-state index is 13.1. The summed E-state index contributed by atoms with van der Waals surface area (Å²) < 4.78 is 13.1. The standard InChI is InChI=1S/C15H19ClFNO/c16-11-14-7-2-1-3-8-18(14)15(19)10-12-5-4-6-13(17)9-12/h4-6,9,14H,1-3,7-8,10-11H2. The van der Waals surface area contributed by atoms with E-state index in [2.05, 4.69) is 0 Å². The van der Waals surface area contributed by atoms with Gasteiger partial charge in [-0.15, -0.1) is 11.6 Å². The van der Waals surface area contributed by atoms with Crippen molar-refractivity contribution in [2.75, 3.05) is 12.4 Å². The number of rotatable bonds is 3. The van der Waals surface area contributed by atoms with Gasteiger partial charge in [-0.2, -0.15) is 0 Å². The van der Waals surface area contributed by atoms with E-state index < -0.39 is 0 Å². The molecular formula is C15H19ClFNO. The van der Waals surface area contributed by atoms with Gasteiger partial charge < -0.3 is 4.90 Å². The smallest absolute Gasteiger partial charge is 0.227 e. The van der Waals surface area contributed by atoms with Crippen LogP contribution in [0.3, 0.4) is 0 Å². The molecule has 1 unspecified atom stereocenters. The van der Waals surface area contributed by atoms with Crippen molar-refractivity contribution in [3.8, 4) is 0 Å². The molecule has 1 saturated heterocycles. The third kappa shape index (κ3) is 3.93. The Bertz CT molecular complexity index is 438. The second-order valence-corrected chi connectivity index (χ2v) is 5.36. The van der Waals surface area contributed by atoms with Crippen LogP contribution in [0, 0.1) is 5.82 Å². The van der Waals surface area contributed by atoms with Crippen LogP contribution in [0.2, 0.25) is 0 Å². The van der Waals surface area contributed by atoms with E-state index in [1.54, 1.807) is 12.1 Å². The summed E-state index contributed by atoms with van der Waals surface area (Å²) in [6.45, 7) is 0.769. The van der Waals surface area contributed by atoms with Gasteiger partial charge in [0.1, 0.15) is 5.82 Å². The predicted molar refractivity (Wildman–Crippen MR) is 74.8 cm³/mol. The molecule has 0 N–H and O–H groups in total. The number of benzene rings is 1. The minimum Gasteiger partial charge on any atom is -0.338 e. The van der Waals surface area contributed by atoms with Crippen LogP contribution >= 0.6 is 11.6 Å². The lowest BCUT2D eigenvalue weighted by atomic mass is 10.1. The fraction of sp³-hybridized carbons (Fsp3) is 0.533. The van der Waals surface area contributed by atoms with Crippen molar-refractivity contribution >= 4 is 17.5 Å². The molecule has 0 aromatic heterocycles. The molecule has 4 heteroatoms. The van der Waals surface area contributed by atoms with Gasteiger partial charge in [0.05, 0.1) is 6.42 Å². The summed E-state index contributed by atoms with van der Waals surface area (Å²) in [5, 5.41) is 0. The number of halogens is 2. The van der Waals surface area contributed by atoms with Gasteiger partial charge in [-0.1, -0.05) is 25.0 Å². The molecule has 2 rings (SSSR count). The Morgan fingerprint density at radius 1 is 1.37 bits per heavy atom. The van der Waals surface area contributed by atoms with Crippen molar-refractivity contribution in [1.29, 1.82) is 0 Å². The van der Waals surface area contributed by atoms with E-state index in [-0.39, 0.29) is 24.2 Å². The summed E-state index contributed by atoms with van der Waals surface area (Å²) in [7, 11) is 0. The molecule has 1 aromatic rings. The average molecular weight is 284 g/mol. The van der Waals surface area contributed by atoms with Gasteiger partial charge in [0.15, 0.2) is 0 Å². The van der Waals surface area contributed by atoms with Crippen LogP contribution < -0.4 is 0 Å². The van der Waals surface area contributed by atoms with Gasteiger partial charge in [0.25, 0.3) is 0 Å². The largest absolute Gasteiger partial charge is 0.338 e. The minimum absolute atomic E-state index is 0.0538. The van der Waals surface area contributed by atoms with Crippen LogP contribution in [-0.2, 0) is 11.2 Å². The SMILES string of the molecule is O=C(Cc1cccc(F)c1)N1CCCCCC1CCl. The fourth-order valence-electron chi connectivity index (χ4n) is 2.59. The van der Waals surface area contributed by atoms with E-state index in [4.69, 9.17) is 11.6 Å². The topological polar surface area (TPSA) is 20.3 Å². The Labute approximate surface area is 118 Å². The van der Waals surface area contributed by atoms with Crippen molar-refractivity contribution in [2.24, 2.45) is 0 Å². The molecule has 2 nitrogen and oxygen atoms in total. The Kier molecular flexibility index (Phi) is 5.20. The van der Waals surface area contributed by atoms with Crippen LogP contribution in [0.5, 0.6) is 0 Å². The highest BCUT2D eigenvalue weighted by molar-refractivity contribution is 6.18. The average Bonchev–Trinajstić information content (AvgIpc) is 2.63. The molecule has 0 radical (unpaired) electrons. The van der Waals surface area contributed by atoms with Crippen molar-refractivity contribution in [2.45, 2.75) is 38.1 Å². The first-order valence-electron chi connectivity index (χ1n) is 6.80. The number of amides is 1. The van der Waals surface area contributed by atoms with Gasteiger partial charge in [-0.25, -0.2) is 4.39 Å². The molecule has 1 heterocycles. The van der Waals surface area contributed by atoms with Crippen molar-refractivity contribution < 1.29 is 9.18 Å². The van der Waals surface area contributed by atoms with Crippen molar-refractivity contribution in [1.82, 2.24) is 4.90 Å². The van der Waals surface area contributed by atoms with Crippen molar-refractivity contribution in [3.05, 3.63) is 35.6 Å². The first-order valence-corrected chi connectivity index (χ1v) is 7.34. The zero-order valence-corrected chi connectivity index (χ0v) is 11.7. The lowest BCUT2D eigenvalue weighted by molar-refractivity contribution is -0.132. The quantitative estimate of drug-likeness (QED) is 0.779. The lowest BCUT2D eigenvalue weighted by Crippen LogP contribution is -2.41. The molecule has 1 aromatic carbocycles. The van der Waals surface area contributed by atoms with E-state index in [0.717, 1.165) is 37.8 Å². The Hall–Kier alpha value is -1.09. The summed E-state index contributed by atoms with van der Waals surface area (Å²) in [6, 6.07) is 6.37. The normalized spacial score (nSPS) is 20.1. The number of likely N-dealkylation sites (tertiary alicyclic amines) is 1. The Morgan fingerprint density at radius 2 is 2.21 bits per heavy atom. The zero-order valence-electron chi connectivity index (χ0n) is 10.9. The predicted octanol–water partition coefficient (Wildman–Crippen LogP) is 3.38. The summed E-state index contributed by atoms with van der Waals surface area (Å²) in [5.41, 5.74) is 0.725. The number of carbonyl (C=O) groups excluding carboxylic acids is 1. The molecule has 0 bridgehead atoms. The molecule has 104 valence electrons. The van der Waals surface area contributed by atoms with E-state index in [1.807, 2.05) is 4.90 Å². The molecule has 1 amide bonds. The zero-order chi connectivity index (χ0) is 13.7. The van der Waals surface area contributed by atoms with Gasteiger partial charge >= 0.3 is 0 Å². The summed E-state index contributed by atoms with van der Waals surface area (Å²) in [6.07, 6.45) is 4.53. The maximum Gasteiger partial charge on any atom is 0.227 e. The Morgan fingerprint density at radius 3 is 2.95 bits per heavy atom. The van der Waals surface area contributed by atoms with E-state index in [0.29, 0.717) is 5.88 Å². The second kappa shape index (κ2) is 6.90. The van der Waals surface area contributed by atoms with Gasteiger partial charge in [-0.05, 0) is 30.5 Å². The number of hydrogen-bond acceptors (Lipinski definition) is 1. The van der Waals surface area contributed by atoms with E-state index in [1.165, 1.54) is 12.1 Å². The number of alkyl halides is 1. The third-order valence-electron chi connectivity index (χ3n) is 3.62. The number of nitrogens with zero attached hydrogens (tertiary/aromatic N) is 1. The molecule has 1 atom stereocenters. The highest BCUT2D eigenvalue weighted by Crippen LogP contribution is 2.19. The van der Waals surface area contributed by atoms with E-state index in [9.17, 15) is 9.18 Å². The molecule has 1 aliphatic heterocycles. The fourth-order valence-corrected chi connectivity index (χ4v) is 2.91.